The fraction of sp³-hybridized carbons (Fsp3) is 0.833. The number of aldehydes is 1. The van der Waals surface area contributed by atoms with Gasteiger partial charge < -0.3 is 5.26 Å². The van der Waals surface area contributed by atoms with Crippen LogP contribution in [0.1, 0.15) is 20.8 Å². The third-order valence-electron chi connectivity index (χ3n) is 1.32. The summed E-state index contributed by atoms with van der Waals surface area (Å²) in [5.41, 5.74) is 0. The van der Waals surface area contributed by atoms with Crippen LogP contribution >= 0.6 is 0 Å². The van der Waals surface area contributed by atoms with Crippen LogP contribution in [-0.2, 0) is 4.58 Å². The Kier molecular flexibility index (Phi) is 3.24. The molecule has 0 aliphatic rings. The summed E-state index contributed by atoms with van der Waals surface area (Å²) in [5, 5.41) is 9.49. The quantitative estimate of drug-likeness (QED) is 0.221. The summed E-state index contributed by atoms with van der Waals surface area (Å²) >= 11 is 0. The first-order valence-electron chi connectivity index (χ1n) is 2.80. The predicted molar refractivity (Wildman–Crippen MR) is 30.1 cm³/mol. The molecule has 0 N–H and O–H groups in total. The summed E-state index contributed by atoms with van der Waals surface area (Å²) in [4.78, 5) is 0. The third-order valence-corrected chi connectivity index (χ3v) is 1.32. The van der Waals surface area contributed by atoms with Crippen molar-refractivity contribution in [3.05, 3.63) is 0 Å². The lowest BCUT2D eigenvalue weighted by Crippen LogP contribution is -2.09. The molecule has 0 radical (unpaired) electrons. The van der Waals surface area contributed by atoms with E-state index in [4.69, 9.17) is 0 Å². The second-order valence-electron chi connectivity index (χ2n) is 2.34. The molecule has 0 spiro atoms. The van der Waals surface area contributed by atoms with Crippen LogP contribution in [0.15, 0.2) is 0 Å². The van der Waals surface area contributed by atoms with Gasteiger partial charge in [0.1, 0.15) is 0 Å². The Hall–Kier alpha value is -0.530. The first kappa shape index (κ1) is 7.47. The fourth-order valence-electron chi connectivity index (χ4n) is 0.245. The Morgan fingerprint density at radius 3 is 2.00 bits per heavy atom. The molecule has 1 atom stereocenters. The molecular weight excluding hydrogens is 104 g/mol. The molecule has 0 aliphatic carbocycles. The molecular formula is C6H12O2. The van der Waals surface area contributed by atoms with Crippen molar-refractivity contribution in [2.75, 3.05) is 0 Å². The largest absolute Gasteiger partial charge is 0.463 e. The van der Waals surface area contributed by atoms with E-state index in [0.29, 0.717) is 5.92 Å². The predicted octanol–water partition coefficient (Wildman–Crippen LogP) is 0.288. The van der Waals surface area contributed by atoms with Crippen LogP contribution in [0.4, 0.5) is 0 Å². The average Bonchev–Trinajstić information content (AvgIpc) is 1.67. The molecule has 2 heteroatoms. The van der Waals surface area contributed by atoms with E-state index in [0.717, 1.165) is 0 Å². The van der Waals surface area contributed by atoms with Gasteiger partial charge in [-0.3, -0.25) is 0 Å². The van der Waals surface area contributed by atoms with Crippen molar-refractivity contribution in [3.63, 3.8) is 0 Å². The molecule has 48 valence electrons. The molecule has 0 bridgehead atoms. The molecule has 0 fully saturated rings. The van der Waals surface area contributed by atoms with Crippen LogP contribution in [0, 0.1) is 11.8 Å². The maximum atomic E-state index is 9.49. The summed E-state index contributed by atoms with van der Waals surface area (Å²) in [7, 11) is 0. The van der Waals surface area contributed by atoms with Gasteiger partial charge in [0.25, 0.3) is 0 Å². The second kappa shape index (κ2) is 3.47. The maximum absolute atomic E-state index is 9.49. The van der Waals surface area contributed by atoms with Crippen molar-refractivity contribution in [1.82, 2.24) is 0 Å². The summed E-state index contributed by atoms with van der Waals surface area (Å²) in [6.45, 7) is 6.03. The topological polar surface area (TPSA) is 34.4 Å². The van der Waals surface area contributed by atoms with E-state index in [1.54, 1.807) is 0 Å². The number of rotatable bonds is 2. The van der Waals surface area contributed by atoms with Crippen LogP contribution in [0.2, 0.25) is 0 Å². The van der Waals surface area contributed by atoms with Gasteiger partial charge in [0, 0.05) is 0 Å². The zero-order chi connectivity index (χ0) is 6.57. The Labute approximate surface area is 49.8 Å². The van der Waals surface area contributed by atoms with E-state index in [2.05, 4.69) is 4.58 Å². The smallest absolute Gasteiger partial charge is 0.321 e. The molecule has 2 nitrogen and oxygen atoms in total. The number of carbonyl (C=O) groups excluding carboxylic acids is 1. The summed E-state index contributed by atoms with van der Waals surface area (Å²) in [5.74, 6) is 0.747. The van der Waals surface area contributed by atoms with Gasteiger partial charge >= 0.3 is 6.29 Å². The molecule has 0 saturated heterocycles. The maximum Gasteiger partial charge on any atom is 0.321 e. The molecule has 0 aromatic carbocycles. The molecule has 0 rings (SSSR count). The molecule has 1 unspecified atom stereocenters. The summed E-state index contributed by atoms with van der Waals surface area (Å²) in [6, 6.07) is 0. The van der Waals surface area contributed by atoms with Gasteiger partial charge in [-0.15, -0.1) is 0 Å². The number of hydrogen-bond acceptors (Lipinski definition) is 1. The van der Waals surface area contributed by atoms with E-state index < -0.39 is 0 Å². The highest BCUT2D eigenvalue weighted by Gasteiger charge is 2.08. The molecule has 0 aromatic heterocycles. The minimum Gasteiger partial charge on any atom is -0.463 e. The third kappa shape index (κ3) is 2.61. The number of hydrogen-bond donors (Lipinski definition) is 0. The van der Waals surface area contributed by atoms with E-state index in [1.807, 2.05) is 20.8 Å². The van der Waals surface area contributed by atoms with Crippen molar-refractivity contribution in [2.24, 2.45) is 11.8 Å². The highest BCUT2D eigenvalue weighted by atomic mass is 17.1. The normalized spacial score (nSPS) is 15.5. The Bertz CT molecular complexity index is 76.6. The monoisotopic (exact) mass is 116 g/mol. The molecule has 0 aromatic rings. The average molecular weight is 116 g/mol. The van der Waals surface area contributed by atoms with Crippen molar-refractivity contribution in [3.8, 4) is 0 Å². The second-order valence-corrected chi connectivity index (χ2v) is 2.34. The zero-order valence-corrected chi connectivity index (χ0v) is 5.55. The lowest BCUT2D eigenvalue weighted by Gasteiger charge is -2.01. The van der Waals surface area contributed by atoms with E-state index in [9.17, 15) is 5.26 Å². The molecule has 0 saturated carbocycles. The lowest BCUT2D eigenvalue weighted by molar-refractivity contribution is -1.04. The van der Waals surface area contributed by atoms with Gasteiger partial charge in [-0.2, -0.15) is 4.58 Å². The van der Waals surface area contributed by atoms with Crippen LogP contribution < -0.4 is 5.26 Å². The molecule has 8 heavy (non-hydrogen) atoms. The van der Waals surface area contributed by atoms with Gasteiger partial charge in [0.05, 0.1) is 5.92 Å². The van der Waals surface area contributed by atoms with Crippen LogP contribution in [-0.4, -0.2) is 6.29 Å². The molecule has 0 aliphatic heterocycles. The van der Waals surface area contributed by atoms with Gasteiger partial charge in [-0.25, -0.2) is 0 Å². The summed E-state index contributed by atoms with van der Waals surface area (Å²) in [6.07, 6.45) is 1.31. The van der Waals surface area contributed by atoms with Crippen molar-refractivity contribution in [1.29, 1.82) is 0 Å². The van der Waals surface area contributed by atoms with Crippen LogP contribution in [0.5, 0.6) is 0 Å². The Morgan fingerprint density at radius 2 is 1.88 bits per heavy atom. The lowest BCUT2D eigenvalue weighted by atomic mass is 10.0. The molecule has 0 amide bonds. The standard InChI is InChI=1S/C6H12O2/c1-5(2)6(3)4-8-7/h4-6H,1-3H3. The van der Waals surface area contributed by atoms with Crippen molar-refractivity contribution >= 4 is 6.29 Å². The Balaban J connectivity index is 3.47. The minimum absolute atomic E-state index is 0.257. The SMILES string of the molecule is CC(C)C(C)C=[O+][O-]. The fourth-order valence-corrected chi connectivity index (χ4v) is 0.245. The minimum atomic E-state index is 0.257. The van der Waals surface area contributed by atoms with E-state index >= 15 is 0 Å². The molecule has 0 heterocycles. The van der Waals surface area contributed by atoms with Crippen LogP contribution in [0.25, 0.3) is 0 Å². The van der Waals surface area contributed by atoms with Gasteiger partial charge in [0.2, 0.25) is 0 Å². The first-order chi connectivity index (χ1) is 3.68. The zero-order valence-electron chi connectivity index (χ0n) is 5.55. The Morgan fingerprint density at radius 1 is 1.38 bits per heavy atom. The van der Waals surface area contributed by atoms with E-state index in [-0.39, 0.29) is 5.92 Å². The van der Waals surface area contributed by atoms with Crippen molar-refractivity contribution < 1.29 is 9.83 Å². The highest BCUT2D eigenvalue weighted by molar-refractivity contribution is 5.53. The van der Waals surface area contributed by atoms with Crippen LogP contribution in [0.3, 0.4) is 0 Å². The highest BCUT2D eigenvalue weighted by Crippen LogP contribution is 2.04. The summed E-state index contributed by atoms with van der Waals surface area (Å²) < 4.78 is 3.59. The first-order valence-corrected chi connectivity index (χ1v) is 2.80. The van der Waals surface area contributed by atoms with Gasteiger partial charge in [-0.1, -0.05) is 20.8 Å². The van der Waals surface area contributed by atoms with Gasteiger partial charge in [0.15, 0.2) is 0 Å². The van der Waals surface area contributed by atoms with Crippen molar-refractivity contribution in [2.45, 2.75) is 20.8 Å². The van der Waals surface area contributed by atoms with E-state index in [1.165, 1.54) is 6.29 Å². The van der Waals surface area contributed by atoms with Gasteiger partial charge in [-0.05, 0) is 5.92 Å².